The number of hydrogen-bond acceptors (Lipinski definition) is 7. The van der Waals surface area contributed by atoms with Crippen LogP contribution in [0.4, 0.5) is 5.82 Å². The van der Waals surface area contributed by atoms with Crippen LogP contribution in [0.5, 0.6) is 0 Å². The highest BCUT2D eigenvalue weighted by Crippen LogP contribution is 2.53. The van der Waals surface area contributed by atoms with E-state index in [9.17, 15) is 8.42 Å². The minimum Gasteiger partial charge on any atom is -0.377 e. The zero-order valence-electron chi connectivity index (χ0n) is 18.7. The van der Waals surface area contributed by atoms with Crippen LogP contribution in [0.3, 0.4) is 0 Å². The molecule has 0 spiro atoms. The Labute approximate surface area is 188 Å². The number of sulfone groups is 1. The van der Waals surface area contributed by atoms with E-state index >= 15 is 0 Å². The summed E-state index contributed by atoms with van der Waals surface area (Å²) >= 11 is 0. The smallest absolute Gasteiger partial charge is 0.157 e. The van der Waals surface area contributed by atoms with E-state index < -0.39 is 14.6 Å². The first kappa shape index (κ1) is 21.4. The van der Waals surface area contributed by atoms with E-state index in [2.05, 4.69) is 22.1 Å². The van der Waals surface area contributed by atoms with Crippen molar-refractivity contribution in [3.05, 3.63) is 41.6 Å². The summed E-state index contributed by atoms with van der Waals surface area (Å²) in [5.41, 5.74) is 5.14. The third-order valence-electron chi connectivity index (χ3n) is 6.57. The van der Waals surface area contributed by atoms with E-state index in [1.807, 2.05) is 37.4 Å². The number of aromatic nitrogens is 3. The third kappa shape index (κ3) is 3.68. The first-order chi connectivity index (χ1) is 15.3. The molecule has 8 nitrogen and oxygen atoms in total. The lowest BCUT2D eigenvalue weighted by molar-refractivity contribution is 0.0985. The van der Waals surface area contributed by atoms with Crippen LogP contribution < -0.4 is 10.2 Å². The van der Waals surface area contributed by atoms with Gasteiger partial charge in [0.05, 0.1) is 46.4 Å². The van der Waals surface area contributed by atoms with Gasteiger partial charge in [0, 0.05) is 25.0 Å². The molecule has 32 heavy (non-hydrogen) atoms. The second-order valence-corrected chi connectivity index (χ2v) is 11.3. The molecule has 1 saturated heterocycles. The molecule has 2 N–H and O–H groups in total. The van der Waals surface area contributed by atoms with Crippen LogP contribution in [-0.4, -0.2) is 62.5 Å². The van der Waals surface area contributed by atoms with Crippen LogP contribution in [0.1, 0.15) is 31.0 Å². The van der Waals surface area contributed by atoms with Crippen molar-refractivity contribution in [2.45, 2.75) is 37.1 Å². The van der Waals surface area contributed by atoms with Crippen molar-refractivity contribution in [1.29, 1.82) is 0 Å². The van der Waals surface area contributed by atoms with Gasteiger partial charge in [0.2, 0.25) is 0 Å². The molecule has 1 aliphatic heterocycles. The van der Waals surface area contributed by atoms with Crippen molar-refractivity contribution >= 4 is 26.7 Å². The molecule has 1 atom stereocenters. The maximum absolute atomic E-state index is 12.7. The Kier molecular flexibility index (Phi) is 5.22. The molecular weight excluding hydrogens is 426 g/mol. The Balaban J connectivity index is 1.63. The Hall–Kier alpha value is -2.49. The summed E-state index contributed by atoms with van der Waals surface area (Å²) in [5.74, 6) is 0.787. The van der Waals surface area contributed by atoms with Crippen LogP contribution in [0, 0.1) is 0 Å². The van der Waals surface area contributed by atoms with Crippen LogP contribution in [-0.2, 0) is 25.9 Å². The van der Waals surface area contributed by atoms with Gasteiger partial charge in [0.25, 0.3) is 0 Å². The number of rotatable bonds is 6. The molecule has 4 heterocycles. The standard InChI is InChI=1S/C23H29N5O3S/c1-15-14-31-9-8-28(15)22-11-16(23(6-7-23)32(3,29)30)10-20(27-22)19-5-4-18-21(26-19)12-17(25-18)13-24-2/h4-5,10-12,15,24-25H,6-9,13-14H2,1-3H3/t15-/m0/s1. The molecule has 1 aliphatic carbocycles. The number of pyridine rings is 2. The highest BCUT2D eigenvalue weighted by molar-refractivity contribution is 7.92. The molecule has 0 aromatic carbocycles. The van der Waals surface area contributed by atoms with Gasteiger partial charge >= 0.3 is 0 Å². The number of fused-ring (bicyclic) bond motifs is 1. The lowest BCUT2D eigenvalue weighted by Gasteiger charge is -2.35. The average Bonchev–Trinajstić information content (AvgIpc) is 3.49. The van der Waals surface area contributed by atoms with Crippen LogP contribution >= 0.6 is 0 Å². The summed E-state index contributed by atoms with van der Waals surface area (Å²) in [6.45, 7) is 4.81. The summed E-state index contributed by atoms with van der Waals surface area (Å²) < 4.78 is 30.1. The third-order valence-corrected chi connectivity index (χ3v) is 8.64. The predicted octanol–water partition coefficient (Wildman–Crippen LogP) is 2.60. The molecule has 0 unspecified atom stereocenters. The monoisotopic (exact) mass is 455 g/mol. The van der Waals surface area contributed by atoms with Gasteiger partial charge in [-0.25, -0.2) is 18.4 Å². The molecule has 9 heteroatoms. The lowest BCUT2D eigenvalue weighted by Crippen LogP contribution is -2.44. The number of hydrogen-bond donors (Lipinski definition) is 2. The van der Waals surface area contributed by atoms with Crippen molar-refractivity contribution in [2.75, 3.05) is 38.0 Å². The molecule has 0 bridgehead atoms. The molecule has 2 fully saturated rings. The van der Waals surface area contributed by atoms with E-state index in [0.29, 0.717) is 31.7 Å². The van der Waals surface area contributed by atoms with Gasteiger partial charge < -0.3 is 19.9 Å². The molecule has 3 aromatic rings. The Morgan fingerprint density at radius 1 is 1.22 bits per heavy atom. The van der Waals surface area contributed by atoms with Gasteiger partial charge in [-0.3, -0.25) is 0 Å². The number of ether oxygens (including phenoxy) is 1. The second-order valence-electron chi connectivity index (χ2n) is 8.94. The average molecular weight is 456 g/mol. The molecule has 5 rings (SSSR count). The van der Waals surface area contributed by atoms with Gasteiger partial charge in [-0.05, 0) is 62.7 Å². The zero-order chi connectivity index (χ0) is 22.5. The zero-order valence-corrected chi connectivity index (χ0v) is 19.5. The SMILES string of the molecule is CNCc1cc2nc(-c3cc(C4(S(C)(=O)=O)CC4)cc(N4CCOC[C@@H]4C)n3)ccc2[nH]1. The fraction of sp³-hybridized carbons (Fsp3) is 0.478. The molecule has 0 amide bonds. The van der Waals surface area contributed by atoms with Crippen LogP contribution in [0.25, 0.3) is 22.4 Å². The number of nitrogens with zero attached hydrogens (tertiary/aromatic N) is 3. The summed E-state index contributed by atoms with van der Waals surface area (Å²) in [6, 6.07) is 10.0. The number of morpholine rings is 1. The molecule has 170 valence electrons. The molecule has 3 aromatic heterocycles. The highest BCUT2D eigenvalue weighted by Gasteiger charge is 2.54. The largest absolute Gasteiger partial charge is 0.377 e. The van der Waals surface area contributed by atoms with Crippen LogP contribution in [0.2, 0.25) is 0 Å². The van der Waals surface area contributed by atoms with E-state index in [-0.39, 0.29) is 6.04 Å². The van der Waals surface area contributed by atoms with Crippen molar-refractivity contribution in [1.82, 2.24) is 20.3 Å². The fourth-order valence-corrected chi connectivity index (χ4v) is 5.99. The highest BCUT2D eigenvalue weighted by atomic mass is 32.2. The van der Waals surface area contributed by atoms with Crippen molar-refractivity contribution < 1.29 is 13.2 Å². The Bertz CT molecular complexity index is 1270. The Morgan fingerprint density at radius 2 is 2.03 bits per heavy atom. The number of nitrogens with one attached hydrogen (secondary N) is 2. The topological polar surface area (TPSA) is 100 Å². The number of aromatic amines is 1. The maximum Gasteiger partial charge on any atom is 0.157 e. The summed E-state index contributed by atoms with van der Waals surface area (Å²) in [7, 11) is -1.34. The summed E-state index contributed by atoms with van der Waals surface area (Å²) in [6.07, 6.45) is 2.63. The van der Waals surface area contributed by atoms with E-state index in [1.165, 1.54) is 6.26 Å². The second kappa shape index (κ2) is 7.83. The van der Waals surface area contributed by atoms with Gasteiger partial charge in [-0.1, -0.05) is 0 Å². The maximum atomic E-state index is 12.7. The minimum atomic E-state index is -3.25. The van der Waals surface area contributed by atoms with Gasteiger partial charge in [-0.2, -0.15) is 0 Å². The quantitative estimate of drug-likeness (QED) is 0.589. The van der Waals surface area contributed by atoms with Crippen molar-refractivity contribution in [3.63, 3.8) is 0 Å². The summed E-state index contributed by atoms with van der Waals surface area (Å²) in [4.78, 5) is 15.4. The lowest BCUT2D eigenvalue weighted by atomic mass is 10.1. The van der Waals surface area contributed by atoms with Crippen LogP contribution in [0.15, 0.2) is 30.3 Å². The van der Waals surface area contributed by atoms with Gasteiger partial charge in [0.1, 0.15) is 5.82 Å². The van der Waals surface area contributed by atoms with E-state index in [4.69, 9.17) is 14.7 Å². The van der Waals surface area contributed by atoms with Crippen molar-refractivity contribution in [3.8, 4) is 11.4 Å². The predicted molar refractivity (Wildman–Crippen MR) is 125 cm³/mol. The first-order valence-electron chi connectivity index (χ1n) is 11.0. The van der Waals surface area contributed by atoms with E-state index in [1.54, 1.807) is 0 Å². The molecular formula is C23H29N5O3S. The van der Waals surface area contributed by atoms with Gasteiger partial charge in [0.15, 0.2) is 9.84 Å². The molecule has 1 saturated carbocycles. The van der Waals surface area contributed by atoms with Gasteiger partial charge in [-0.15, -0.1) is 0 Å². The first-order valence-corrected chi connectivity index (χ1v) is 12.9. The fourth-order valence-electron chi connectivity index (χ4n) is 4.61. The minimum absolute atomic E-state index is 0.164. The van der Waals surface area contributed by atoms with Crippen molar-refractivity contribution in [2.24, 2.45) is 0 Å². The summed E-state index contributed by atoms with van der Waals surface area (Å²) in [5, 5.41) is 3.14. The number of H-pyrrole nitrogens is 1. The number of anilines is 1. The molecule has 2 aliphatic rings. The van der Waals surface area contributed by atoms with E-state index in [0.717, 1.165) is 46.9 Å². The molecule has 0 radical (unpaired) electrons. The Morgan fingerprint density at radius 3 is 2.72 bits per heavy atom. The normalized spacial score (nSPS) is 20.6.